The Morgan fingerprint density at radius 1 is 1.33 bits per heavy atom. The molecule has 0 bridgehead atoms. The van der Waals surface area contributed by atoms with Crippen molar-refractivity contribution in [1.29, 1.82) is 0 Å². The van der Waals surface area contributed by atoms with Gasteiger partial charge in [-0.05, 0) is 37.6 Å². The Hall–Kier alpha value is -0.980. The fourth-order valence-corrected chi connectivity index (χ4v) is 1.94. The molecule has 0 radical (unpaired) electrons. The lowest BCUT2D eigenvalue weighted by atomic mass is 10.0. The molecule has 106 valence electrons. The second kappa shape index (κ2) is 6.26. The predicted octanol–water partition coefficient (Wildman–Crippen LogP) is 2.23. The average Bonchev–Trinajstić information content (AvgIpc) is 3.02. The lowest BCUT2D eigenvalue weighted by Crippen LogP contribution is -2.29. The molecule has 0 saturated heterocycles. The van der Waals surface area contributed by atoms with Crippen molar-refractivity contribution in [2.45, 2.75) is 44.7 Å². The number of nitrogens with two attached hydrogens (primary N) is 1. The van der Waals surface area contributed by atoms with Crippen LogP contribution >= 0.6 is 0 Å². The van der Waals surface area contributed by atoms with Gasteiger partial charge in [0.15, 0.2) is 0 Å². The molecule has 18 heavy (non-hydrogen) atoms. The zero-order valence-corrected chi connectivity index (χ0v) is 10.3. The third-order valence-corrected chi connectivity index (χ3v) is 3.21. The molecule has 1 rings (SSSR count). The summed E-state index contributed by atoms with van der Waals surface area (Å²) < 4.78 is 35.6. The van der Waals surface area contributed by atoms with E-state index in [-0.39, 0.29) is 17.7 Å². The first-order chi connectivity index (χ1) is 8.37. The van der Waals surface area contributed by atoms with E-state index in [1.807, 2.05) is 0 Å². The number of alkyl halides is 3. The fourth-order valence-electron chi connectivity index (χ4n) is 1.94. The van der Waals surface area contributed by atoms with Crippen LogP contribution < -0.4 is 11.1 Å². The Morgan fingerprint density at radius 2 is 2.00 bits per heavy atom. The summed E-state index contributed by atoms with van der Waals surface area (Å²) in [4.78, 5) is 0. The molecule has 4 nitrogen and oxygen atoms in total. The van der Waals surface area contributed by atoms with Crippen LogP contribution in [-0.4, -0.2) is 30.3 Å². The summed E-state index contributed by atoms with van der Waals surface area (Å²) in [5, 5.41) is 14.6. The van der Waals surface area contributed by atoms with Gasteiger partial charge in [-0.25, -0.2) is 0 Å². The van der Waals surface area contributed by atoms with Crippen molar-refractivity contribution in [1.82, 2.24) is 5.32 Å². The monoisotopic (exact) mass is 267 g/mol. The van der Waals surface area contributed by atoms with Crippen LogP contribution in [0.25, 0.3) is 0 Å². The molecule has 1 aliphatic carbocycles. The van der Waals surface area contributed by atoms with Crippen LogP contribution in [0.3, 0.4) is 0 Å². The van der Waals surface area contributed by atoms with Crippen LogP contribution in [-0.2, 0) is 0 Å². The van der Waals surface area contributed by atoms with Crippen LogP contribution in [0.1, 0.15) is 38.5 Å². The van der Waals surface area contributed by atoms with E-state index >= 15 is 0 Å². The topological polar surface area (TPSA) is 70.6 Å². The second-order valence-electron chi connectivity index (χ2n) is 5.02. The molecule has 0 amide bonds. The van der Waals surface area contributed by atoms with Crippen LogP contribution in [0.4, 0.5) is 13.2 Å². The van der Waals surface area contributed by atoms with Crippen molar-refractivity contribution in [2.75, 3.05) is 13.1 Å². The van der Waals surface area contributed by atoms with E-state index < -0.39 is 12.6 Å². The van der Waals surface area contributed by atoms with Gasteiger partial charge in [0.25, 0.3) is 0 Å². The Bertz CT molecular complexity index is 288. The van der Waals surface area contributed by atoms with Gasteiger partial charge in [0.1, 0.15) is 5.84 Å². The molecular weight excluding hydrogens is 247 g/mol. The fraction of sp³-hybridized carbons (Fsp3) is 0.909. The van der Waals surface area contributed by atoms with Crippen molar-refractivity contribution >= 4 is 5.84 Å². The van der Waals surface area contributed by atoms with Gasteiger partial charge >= 0.3 is 6.18 Å². The van der Waals surface area contributed by atoms with E-state index in [1.165, 1.54) is 0 Å². The first-order valence-corrected chi connectivity index (χ1v) is 6.11. The zero-order chi connectivity index (χ0) is 13.6. The second-order valence-corrected chi connectivity index (χ2v) is 5.02. The van der Waals surface area contributed by atoms with E-state index in [0.29, 0.717) is 19.4 Å². The van der Waals surface area contributed by atoms with Gasteiger partial charge in [0.05, 0.1) is 0 Å². The SMILES string of the molecule is NC(CC1(CNCCCCC(F)(F)F)CC1)=NO. The summed E-state index contributed by atoms with van der Waals surface area (Å²) in [7, 11) is 0. The minimum atomic E-state index is -4.05. The number of nitrogens with one attached hydrogen (secondary N) is 1. The van der Waals surface area contributed by atoms with Gasteiger partial charge in [-0.1, -0.05) is 5.16 Å². The van der Waals surface area contributed by atoms with E-state index in [1.54, 1.807) is 0 Å². The molecule has 0 atom stereocenters. The van der Waals surface area contributed by atoms with Gasteiger partial charge in [0.2, 0.25) is 0 Å². The largest absolute Gasteiger partial charge is 0.409 e. The average molecular weight is 267 g/mol. The zero-order valence-electron chi connectivity index (χ0n) is 10.3. The van der Waals surface area contributed by atoms with Gasteiger partial charge in [-0.2, -0.15) is 13.2 Å². The number of halogens is 3. The molecule has 0 spiro atoms. The minimum absolute atomic E-state index is 0.0559. The minimum Gasteiger partial charge on any atom is -0.409 e. The molecule has 1 fully saturated rings. The van der Waals surface area contributed by atoms with Gasteiger partial charge in [-0.3, -0.25) is 0 Å². The Labute approximate surface area is 104 Å². The molecule has 7 heteroatoms. The number of nitrogens with zero attached hydrogens (tertiary/aromatic N) is 1. The molecule has 0 heterocycles. The molecule has 0 aromatic rings. The quantitative estimate of drug-likeness (QED) is 0.208. The molecule has 1 aliphatic rings. The summed E-state index contributed by atoms with van der Waals surface area (Å²) in [5.74, 6) is 0.214. The molecule has 0 aromatic carbocycles. The number of rotatable bonds is 8. The summed E-state index contributed by atoms with van der Waals surface area (Å²) in [5.41, 5.74) is 5.50. The normalized spacial score (nSPS) is 18.9. The Morgan fingerprint density at radius 3 is 2.50 bits per heavy atom. The van der Waals surface area contributed by atoms with Gasteiger partial charge in [-0.15, -0.1) is 0 Å². The highest BCUT2D eigenvalue weighted by molar-refractivity contribution is 5.80. The van der Waals surface area contributed by atoms with Crippen molar-refractivity contribution in [3.63, 3.8) is 0 Å². The van der Waals surface area contributed by atoms with Crippen LogP contribution in [0.2, 0.25) is 0 Å². The number of hydrogen-bond acceptors (Lipinski definition) is 3. The molecule has 0 aliphatic heterocycles. The molecular formula is C11H20F3N3O. The Balaban J connectivity index is 2.05. The van der Waals surface area contributed by atoms with E-state index in [0.717, 1.165) is 19.4 Å². The van der Waals surface area contributed by atoms with Gasteiger partial charge in [0, 0.05) is 19.4 Å². The van der Waals surface area contributed by atoms with Gasteiger partial charge < -0.3 is 16.3 Å². The van der Waals surface area contributed by atoms with Crippen molar-refractivity contribution < 1.29 is 18.4 Å². The number of unbranched alkanes of at least 4 members (excludes halogenated alkanes) is 1. The number of amidine groups is 1. The third-order valence-electron chi connectivity index (χ3n) is 3.21. The van der Waals surface area contributed by atoms with Crippen LogP contribution in [0.15, 0.2) is 5.16 Å². The molecule has 0 unspecified atom stereocenters. The highest BCUT2D eigenvalue weighted by atomic mass is 19.4. The molecule has 1 saturated carbocycles. The maximum atomic E-state index is 11.9. The lowest BCUT2D eigenvalue weighted by molar-refractivity contribution is -0.135. The smallest absolute Gasteiger partial charge is 0.389 e. The standard InChI is InChI=1S/C11H20F3N3O/c12-11(13,14)3-1-2-6-16-8-10(4-5-10)7-9(15)17-18/h16,18H,1-8H2,(H2,15,17). The van der Waals surface area contributed by atoms with Crippen molar-refractivity contribution in [2.24, 2.45) is 16.3 Å². The first kappa shape index (κ1) is 15.1. The maximum Gasteiger partial charge on any atom is 0.389 e. The van der Waals surface area contributed by atoms with Crippen molar-refractivity contribution in [3.8, 4) is 0 Å². The summed E-state index contributed by atoms with van der Waals surface area (Å²) in [6, 6.07) is 0. The highest BCUT2D eigenvalue weighted by Crippen LogP contribution is 2.48. The van der Waals surface area contributed by atoms with E-state index in [2.05, 4.69) is 10.5 Å². The summed E-state index contributed by atoms with van der Waals surface area (Å²) >= 11 is 0. The number of oxime groups is 1. The lowest BCUT2D eigenvalue weighted by Gasteiger charge is -2.15. The van der Waals surface area contributed by atoms with E-state index in [4.69, 9.17) is 10.9 Å². The summed E-state index contributed by atoms with van der Waals surface area (Å²) in [6.07, 6.45) is -1.53. The van der Waals surface area contributed by atoms with Crippen LogP contribution in [0.5, 0.6) is 0 Å². The van der Waals surface area contributed by atoms with Crippen molar-refractivity contribution in [3.05, 3.63) is 0 Å². The van der Waals surface area contributed by atoms with E-state index in [9.17, 15) is 13.2 Å². The molecule has 4 N–H and O–H groups in total. The summed E-state index contributed by atoms with van der Waals surface area (Å²) in [6.45, 7) is 1.29. The number of hydrogen-bond donors (Lipinski definition) is 3. The first-order valence-electron chi connectivity index (χ1n) is 6.11. The third kappa shape index (κ3) is 6.09. The predicted molar refractivity (Wildman–Crippen MR) is 62.5 cm³/mol. The maximum absolute atomic E-state index is 11.9. The highest BCUT2D eigenvalue weighted by Gasteiger charge is 2.42. The Kier molecular flexibility index (Phi) is 5.25. The molecule has 0 aromatic heterocycles. The van der Waals surface area contributed by atoms with Crippen LogP contribution in [0, 0.1) is 5.41 Å².